The fourth-order valence-corrected chi connectivity index (χ4v) is 5.34. The van der Waals surface area contributed by atoms with Gasteiger partial charge in [-0.3, -0.25) is 9.69 Å². The highest BCUT2D eigenvalue weighted by molar-refractivity contribution is 7.90. The predicted molar refractivity (Wildman–Crippen MR) is 123 cm³/mol. The lowest BCUT2D eigenvalue weighted by atomic mass is 10.1. The van der Waals surface area contributed by atoms with Crippen molar-refractivity contribution in [2.75, 3.05) is 38.5 Å². The molecule has 10 heteroatoms. The van der Waals surface area contributed by atoms with E-state index in [0.29, 0.717) is 45.6 Å². The average Bonchev–Trinajstić information content (AvgIpc) is 3.44. The number of thiazole rings is 1. The Labute approximate surface area is 190 Å². The molecule has 0 radical (unpaired) electrons. The molecule has 170 valence electrons. The van der Waals surface area contributed by atoms with Crippen molar-refractivity contribution in [2.45, 2.75) is 23.8 Å². The van der Waals surface area contributed by atoms with E-state index in [2.05, 4.69) is 4.98 Å². The number of methoxy groups -OCH3 is 2. The number of hydrogen-bond acceptors (Lipinski definition) is 8. The number of ether oxygens (including phenoxy) is 3. The van der Waals surface area contributed by atoms with Crippen LogP contribution in [-0.2, 0) is 14.6 Å². The average molecular weight is 477 g/mol. The molecule has 2 aromatic carbocycles. The van der Waals surface area contributed by atoms with Crippen molar-refractivity contribution in [2.24, 2.45) is 0 Å². The molecule has 0 saturated carbocycles. The fourth-order valence-electron chi connectivity index (χ4n) is 3.60. The zero-order valence-electron chi connectivity index (χ0n) is 18.0. The molecule has 1 amide bonds. The van der Waals surface area contributed by atoms with E-state index in [1.54, 1.807) is 35.2 Å². The molecule has 0 N–H and O–H groups in total. The molecule has 1 unspecified atom stereocenters. The first kappa shape index (κ1) is 22.5. The summed E-state index contributed by atoms with van der Waals surface area (Å²) in [5.41, 5.74) is 1.06. The third-order valence-electron chi connectivity index (χ3n) is 5.29. The van der Waals surface area contributed by atoms with E-state index < -0.39 is 9.84 Å². The van der Waals surface area contributed by atoms with Gasteiger partial charge < -0.3 is 14.2 Å². The van der Waals surface area contributed by atoms with E-state index in [1.165, 1.54) is 37.9 Å². The molecule has 1 aromatic heterocycles. The summed E-state index contributed by atoms with van der Waals surface area (Å²) in [6.45, 7) is 1.02. The Hall–Kier alpha value is -2.69. The summed E-state index contributed by atoms with van der Waals surface area (Å²) < 4.78 is 41.0. The third kappa shape index (κ3) is 4.57. The van der Waals surface area contributed by atoms with E-state index in [4.69, 9.17) is 14.2 Å². The quantitative estimate of drug-likeness (QED) is 0.515. The summed E-state index contributed by atoms with van der Waals surface area (Å²) in [6, 6.07) is 9.79. The van der Waals surface area contributed by atoms with Gasteiger partial charge >= 0.3 is 0 Å². The van der Waals surface area contributed by atoms with Crippen LogP contribution in [0, 0.1) is 0 Å². The highest BCUT2D eigenvalue weighted by atomic mass is 32.2. The molecule has 1 aliphatic rings. The molecule has 4 rings (SSSR count). The lowest BCUT2D eigenvalue weighted by Gasteiger charge is -2.23. The van der Waals surface area contributed by atoms with Crippen molar-refractivity contribution in [1.82, 2.24) is 4.98 Å². The van der Waals surface area contributed by atoms with E-state index >= 15 is 0 Å². The second-order valence-electron chi connectivity index (χ2n) is 7.52. The van der Waals surface area contributed by atoms with Gasteiger partial charge in [0, 0.05) is 18.4 Å². The third-order valence-corrected chi connectivity index (χ3v) is 7.44. The number of nitrogens with zero attached hydrogens (tertiary/aromatic N) is 2. The molecule has 0 bridgehead atoms. The number of benzene rings is 2. The minimum Gasteiger partial charge on any atom is -0.493 e. The maximum Gasteiger partial charge on any atom is 0.260 e. The van der Waals surface area contributed by atoms with Gasteiger partial charge in [0.15, 0.2) is 26.5 Å². The van der Waals surface area contributed by atoms with Crippen LogP contribution in [0.25, 0.3) is 10.2 Å². The Balaban J connectivity index is 1.74. The molecule has 32 heavy (non-hydrogen) atoms. The fraction of sp³-hybridized carbons (Fsp3) is 0.364. The number of carbonyl (C=O) groups is 1. The summed E-state index contributed by atoms with van der Waals surface area (Å²) in [5.74, 6) is 0.740. The number of rotatable bonds is 7. The minimum absolute atomic E-state index is 0.0855. The summed E-state index contributed by atoms with van der Waals surface area (Å²) in [4.78, 5) is 20.0. The zero-order valence-corrected chi connectivity index (χ0v) is 19.7. The van der Waals surface area contributed by atoms with Crippen molar-refractivity contribution >= 4 is 42.4 Å². The van der Waals surface area contributed by atoms with Crippen molar-refractivity contribution < 1.29 is 27.4 Å². The van der Waals surface area contributed by atoms with Gasteiger partial charge in [0.1, 0.15) is 0 Å². The maximum absolute atomic E-state index is 13.5. The van der Waals surface area contributed by atoms with Crippen LogP contribution < -0.4 is 14.4 Å². The van der Waals surface area contributed by atoms with E-state index in [-0.39, 0.29) is 16.9 Å². The Morgan fingerprint density at radius 1 is 1.19 bits per heavy atom. The molecule has 2 heterocycles. The molecule has 1 fully saturated rings. The van der Waals surface area contributed by atoms with Crippen LogP contribution in [0.15, 0.2) is 41.3 Å². The second kappa shape index (κ2) is 9.05. The monoisotopic (exact) mass is 476 g/mol. The van der Waals surface area contributed by atoms with Crippen molar-refractivity contribution in [3.63, 3.8) is 0 Å². The predicted octanol–water partition coefficient (Wildman–Crippen LogP) is 3.54. The van der Waals surface area contributed by atoms with Crippen LogP contribution >= 0.6 is 11.3 Å². The number of sulfone groups is 1. The van der Waals surface area contributed by atoms with Gasteiger partial charge in [-0.15, -0.1) is 0 Å². The first-order valence-electron chi connectivity index (χ1n) is 10.1. The van der Waals surface area contributed by atoms with E-state index in [1.807, 2.05) is 0 Å². The highest BCUT2D eigenvalue weighted by Crippen LogP contribution is 2.34. The summed E-state index contributed by atoms with van der Waals surface area (Å²) >= 11 is 1.28. The number of anilines is 1. The van der Waals surface area contributed by atoms with Crippen molar-refractivity contribution in [1.29, 1.82) is 0 Å². The van der Waals surface area contributed by atoms with Gasteiger partial charge in [0.25, 0.3) is 5.91 Å². The van der Waals surface area contributed by atoms with Gasteiger partial charge in [0.2, 0.25) is 0 Å². The molecular weight excluding hydrogens is 452 g/mol. The van der Waals surface area contributed by atoms with Gasteiger partial charge in [-0.05, 0) is 49.2 Å². The highest BCUT2D eigenvalue weighted by Gasteiger charge is 2.28. The molecule has 1 atom stereocenters. The number of carbonyl (C=O) groups excluding carboxylic acids is 1. The number of hydrogen-bond donors (Lipinski definition) is 0. The van der Waals surface area contributed by atoms with Gasteiger partial charge in [-0.25, -0.2) is 13.4 Å². The maximum atomic E-state index is 13.5. The van der Waals surface area contributed by atoms with Crippen LogP contribution in [0.4, 0.5) is 5.13 Å². The standard InChI is InChI=1S/C22H24N2O6S2/c1-28-18-9-6-14(11-19(18)29-2)21(25)24(13-15-5-4-10-30-15)22-23-17-8-7-16(32(3,26)27)12-20(17)31-22/h6-9,11-12,15H,4-5,10,13H2,1-3H3. The van der Waals surface area contributed by atoms with Crippen molar-refractivity contribution in [3.05, 3.63) is 42.0 Å². The molecule has 0 spiro atoms. The van der Waals surface area contributed by atoms with Gasteiger partial charge in [-0.2, -0.15) is 0 Å². The van der Waals surface area contributed by atoms with Gasteiger partial charge in [-0.1, -0.05) is 11.3 Å². The summed E-state index contributed by atoms with van der Waals surface area (Å²) in [6.07, 6.45) is 2.89. The first-order chi connectivity index (χ1) is 15.3. The molecule has 1 saturated heterocycles. The summed E-state index contributed by atoms with van der Waals surface area (Å²) in [7, 11) is -0.291. The summed E-state index contributed by atoms with van der Waals surface area (Å²) in [5, 5.41) is 0.487. The van der Waals surface area contributed by atoms with E-state index in [0.717, 1.165) is 12.8 Å². The van der Waals surface area contributed by atoms with E-state index in [9.17, 15) is 13.2 Å². The first-order valence-corrected chi connectivity index (χ1v) is 12.8. The van der Waals surface area contributed by atoms with Crippen LogP contribution in [0.2, 0.25) is 0 Å². The Morgan fingerprint density at radius 2 is 1.97 bits per heavy atom. The van der Waals surface area contributed by atoms with Gasteiger partial charge in [0.05, 0.1) is 42.0 Å². The normalized spacial score (nSPS) is 16.3. The molecule has 8 nitrogen and oxygen atoms in total. The van der Waals surface area contributed by atoms with Crippen LogP contribution in [-0.4, -0.2) is 59.0 Å². The van der Waals surface area contributed by atoms with Crippen LogP contribution in [0.3, 0.4) is 0 Å². The lowest BCUT2D eigenvalue weighted by Crippen LogP contribution is -2.37. The molecule has 1 aliphatic heterocycles. The van der Waals surface area contributed by atoms with Crippen LogP contribution in [0.5, 0.6) is 11.5 Å². The smallest absolute Gasteiger partial charge is 0.260 e. The minimum atomic E-state index is -3.34. The number of fused-ring (bicyclic) bond motifs is 1. The SMILES string of the molecule is COc1ccc(C(=O)N(CC2CCCO2)c2nc3ccc(S(C)(=O)=O)cc3s2)cc1OC. The van der Waals surface area contributed by atoms with Crippen LogP contribution in [0.1, 0.15) is 23.2 Å². The number of aromatic nitrogens is 1. The molecular formula is C22H24N2O6S2. The Kier molecular flexibility index (Phi) is 6.36. The second-order valence-corrected chi connectivity index (χ2v) is 10.5. The number of amides is 1. The Bertz CT molecular complexity index is 1250. The lowest BCUT2D eigenvalue weighted by molar-refractivity contribution is 0.0917. The molecule has 0 aliphatic carbocycles. The van der Waals surface area contributed by atoms with Crippen molar-refractivity contribution in [3.8, 4) is 11.5 Å². The topological polar surface area (TPSA) is 95.0 Å². The largest absolute Gasteiger partial charge is 0.493 e. The molecule has 3 aromatic rings. The zero-order chi connectivity index (χ0) is 22.9. The Morgan fingerprint density at radius 3 is 2.62 bits per heavy atom.